The molecule has 5 rings (SSSR count). The quantitative estimate of drug-likeness (QED) is 0.568. The number of aromatic nitrogens is 2. The number of phenols is 1. The van der Waals surface area contributed by atoms with Crippen molar-refractivity contribution in [2.75, 3.05) is 26.9 Å². The number of hydrogen-bond acceptors (Lipinski definition) is 6. The Kier molecular flexibility index (Phi) is 5.68. The van der Waals surface area contributed by atoms with Crippen LogP contribution in [-0.2, 0) is 4.74 Å². The topological polar surface area (TPSA) is 96.9 Å². The fraction of sp³-hybridized carbons (Fsp3) is 0.360. The van der Waals surface area contributed by atoms with Crippen molar-refractivity contribution in [3.05, 3.63) is 59.3 Å². The molecular formula is C25H27N3O5. The van der Waals surface area contributed by atoms with Crippen LogP contribution in [0.1, 0.15) is 47.4 Å². The summed E-state index contributed by atoms with van der Waals surface area (Å²) in [4.78, 5) is 15.3. The number of aromatic amines is 1. The average Bonchev–Trinajstić information content (AvgIpc) is 3.55. The van der Waals surface area contributed by atoms with Gasteiger partial charge in [0.05, 0.1) is 25.9 Å². The summed E-state index contributed by atoms with van der Waals surface area (Å²) in [5.74, 6) is 1.22. The minimum atomic E-state index is -0.408. The van der Waals surface area contributed by atoms with Crippen LogP contribution in [0.2, 0.25) is 0 Å². The lowest BCUT2D eigenvalue weighted by Crippen LogP contribution is -2.36. The summed E-state index contributed by atoms with van der Waals surface area (Å²) in [6, 6.07) is 12.3. The van der Waals surface area contributed by atoms with Gasteiger partial charge in [-0.1, -0.05) is 18.2 Å². The maximum atomic E-state index is 13.5. The van der Waals surface area contributed by atoms with E-state index in [0.29, 0.717) is 48.2 Å². The Morgan fingerprint density at radius 2 is 2.09 bits per heavy atom. The van der Waals surface area contributed by atoms with Crippen LogP contribution in [0.5, 0.6) is 17.2 Å². The molecule has 2 aromatic carbocycles. The van der Waals surface area contributed by atoms with Crippen LogP contribution in [0, 0.1) is 0 Å². The average molecular weight is 450 g/mol. The predicted molar refractivity (Wildman–Crippen MR) is 122 cm³/mol. The monoisotopic (exact) mass is 449 g/mol. The van der Waals surface area contributed by atoms with Gasteiger partial charge in [0.2, 0.25) is 0 Å². The van der Waals surface area contributed by atoms with Crippen LogP contribution in [0.25, 0.3) is 11.3 Å². The summed E-state index contributed by atoms with van der Waals surface area (Å²) in [5.41, 5.74) is 3.18. The Balaban J connectivity index is 1.64. The zero-order valence-electron chi connectivity index (χ0n) is 18.7. The molecule has 2 unspecified atom stereocenters. The molecule has 0 aliphatic carbocycles. The first-order valence-corrected chi connectivity index (χ1v) is 11.2. The van der Waals surface area contributed by atoms with Crippen LogP contribution in [0.3, 0.4) is 0 Å². The number of methoxy groups -OCH3 is 1. The predicted octanol–water partition coefficient (Wildman–Crippen LogP) is 3.91. The number of nitrogens with zero attached hydrogens (tertiary/aromatic N) is 2. The molecule has 3 heterocycles. The maximum Gasteiger partial charge on any atom is 0.273 e. The second-order valence-electron chi connectivity index (χ2n) is 8.22. The Morgan fingerprint density at radius 1 is 1.24 bits per heavy atom. The lowest BCUT2D eigenvalue weighted by molar-refractivity contribution is 0.0495. The highest BCUT2D eigenvalue weighted by Crippen LogP contribution is 2.46. The number of carbonyl (C=O) groups is 1. The number of H-pyrrole nitrogens is 1. The number of fused-ring (bicyclic) bond motifs is 1. The maximum absolute atomic E-state index is 13.5. The van der Waals surface area contributed by atoms with Crippen molar-refractivity contribution in [2.24, 2.45) is 0 Å². The van der Waals surface area contributed by atoms with Crippen molar-refractivity contribution in [3.8, 4) is 28.5 Å². The van der Waals surface area contributed by atoms with Crippen molar-refractivity contribution in [3.63, 3.8) is 0 Å². The van der Waals surface area contributed by atoms with E-state index in [9.17, 15) is 9.90 Å². The lowest BCUT2D eigenvalue weighted by atomic mass is 9.95. The minimum Gasteiger partial charge on any atom is -0.507 e. The second kappa shape index (κ2) is 8.78. The van der Waals surface area contributed by atoms with Crippen LogP contribution in [0.15, 0.2) is 42.5 Å². The van der Waals surface area contributed by atoms with Gasteiger partial charge in [0, 0.05) is 24.3 Å². The van der Waals surface area contributed by atoms with Gasteiger partial charge < -0.3 is 24.2 Å². The van der Waals surface area contributed by atoms with Gasteiger partial charge in [-0.2, -0.15) is 5.10 Å². The van der Waals surface area contributed by atoms with E-state index >= 15 is 0 Å². The number of rotatable bonds is 7. The molecule has 0 saturated carbocycles. The highest BCUT2D eigenvalue weighted by atomic mass is 16.5. The summed E-state index contributed by atoms with van der Waals surface area (Å²) in [5, 5.41) is 17.9. The van der Waals surface area contributed by atoms with Gasteiger partial charge in [-0.05, 0) is 49.6 Å². The molecule has 8 heteroatoms. The fourth-order valence-corrected chi connectivity index (χ4v) is 4.75. The van der Waals surface area contributed by atoms with Crippen molar-refractivity contribution < 1.29 is 24.1 Å². The van der Waals surface area contributed by atoms with Crippen LogP contribution in [0.4, 0.5) is 0 Å². The van der Waals surface area contributed by atoms with Gasteiger partial charge in [-0.25, -0.2) is 0 Å². The molecule has 2 N–H and O–H groups in total. The van der Waals surface area contributed by atoms with Gasteiger partial charge in [-0.15, -0.1) is 0 Å². The van der Waals surface area contributed by atoms with Gasteiger partial charge in [0.1, 0.15) is 17.1 Å². The van der Waals surface area contributed by atoms with Gasteiger partial charge in [0.25, 0.3) is 5.91 Å². The minimum absolute atomic E-state index is 0.00779. The highest BCUT2D eigenvalue weighted by Gasteiger charge is 2.44. The van der Waals surface area contributed by atoms with E-state index in [-0.39, 0.29) is 17.8 Å². The fourth-order valence-electron chi connectivity index (χ4n) is 4.75. The third-order valence-electron chi connectivity index (χ3n) is 6.25. The van der Waals surface area contributed by atoms with Gasteiger partial charge in [-0.3, -0.25) is 9.89 Å². The second-order valence-corrected chi connectivity index (χ2v) is 8.22. The molecule has 1 aromatic heterocycles. The molecule has 172 valence electrons. The van der Waals surface area contributed by atoms with E-state index in [1.54, 1.807) is 25.3 Å². The van der Waals surface area contributed by atoms with E-state index in [1.165, 1.54) is 0 Å². The van der Waals surface area contributed by atoms with Crippen LogP contribution in [-0.4, -0.2) is 59.1 Å². The Labute approximate surface area is 192 Å². The molecule has 2 atom stereocenters. The van der Waals surface area contributed by atoms with Gasteiger partial charge in [0.15, 0.2) is 11.5 Å². The molecule has 1 amide bonds. The zero-order chi connectivity index (χ0) is 22.9. The highest BCUT2D eigenvalue weighted by molar-refractivity contribution is 6.00. The number of nitrogens with one attached hydrogen (secondary N) is 1. The Hall–Kier alpha value is -3.52. The summed E-state index contributed by atoms with van der Waals surface area (Å²) in [6.45, 7) is 3.63. The number of benzene rings is 2. The van der Waals surface area contributed by atoms with Gasteiger partial charge >= 0.3 is 0 Å². The van der Waals surface area contributed by atoms with Crippen molar-refractivity contribution in [1.82, 2.24) is 15.1 Å². The zero-order valence-corrected chi connectivity index (χ0v) is 18.7. The molecule has 0 spiro atoms. The third-order valence-corrected chi connectivity index (χ3v) is 6.25. The van der Waals surface area contributed by atoms with Crippen molar-refractivity contribution >= 4 is 5.91 Å². The Bertz CT molecular complexity index is 1170. The number of carbonyl (C=O) groups excluding carboxylic acids is 1. The number of ether oxygens (including phenoxy) is 3. The van der Waals surface area contributed by atoms with E-state index in [2.05, 4.69) is 10.2 Å². The Morgan fingerprint density at radius 3 is 2.82 bits per heavy atom. The molecule has 3 aromatic rings. The molecule has 2 aliphatic rings. The van der Waals surface area contributed by atoms with Crippen LogP contribution < -0.4 is 9.47 Å². The van der Waals surface area contributed by atoms with E-state index in [1.807, 2.05) is 36.1 Å². The molecule has 1 fully saturated rings. The summed E-state index contributed by atoms with van der Waals surface area (Å²) in [6.07, 6.45) is 1.90. The molecule has 0 bridgehead atoms. The smallest absolute Gasteiger partial charge is 0.273 e. The summed E-state index contributed by atoms with van der Waals surface area (Å²) in [7, 11) is 1.60. The molecule has 33 heavy (non-hydrogen) atoms. The van der Waals surface area contributed by atoms with E-state index in [4.69, 9.17) is 14.2 Å². The molecule has 0 radical (unpaired) electrons. The molecule has 1 saturated heterocycles. The first-order chi connectivity index (χ1) is 16.1. The lowest BCUT2D eigenvalue weighted by Gasteiger charge is -2.29. The molecular weight excluding hydrogens is 422 g/mol. The summed E-state index contributed by atoms with van der Waals surface area (Å²) < 4.78 is 17.1. The third kappa shape index (κ3) is 3.70. The van der Waals surface area contributed by atoms with Crippen molar-refractivity contribution in [1.29, 1.82) is 0 Å². The number of phenolic OH excluding ortho intramolecular Hbond substituents is 1. The first-order valence-electron chi connectivity index (χ1n) is 11.2. The van der Waals surface area contributed by atoms with E-state index in [0.717, 1.165) is 24.0 Å². The molecule has 8 nitrogen and oxygen atoms in total. The first kappa shape index (κ1) is 21.3. The standard InChI is InChI=1S/C25H27N3O5/c1-3-32-19-11-10-15(13-20(19)31-2)24-21-22(17-8-4-5-9-18(17)29)26-27-23(21)25(30)28(24)14-16-7-6-12-33-16/h4-5,8-11,13,16,24,29H,3,6-7,12,14H2,1-2H3,(H,26,27). The van der Waals surface area contributed by atoms with Crippen LogP contribution >= 0.6 is 0 Å². The normalized spacial score (nSPS) is 19.7. The van der Waals surface area contributed by atoms with Crippen molar-refractivity contribution in [2.45, 2.75) is 31.9 Å². The number of amides is 1. The number of aromatic hydroxyl groups is 1. The SMILES string of the molecule is CCOc1ccc(C2c3c(-c4ccccc4O)n[nH]c3C(=O)N2CC2CCCO2)cc1OC. The number of hydrogen-bond donors (Lipinski definition) is 2. The van der Waals surface area contributed by atoms with E-state index < -0.39 is 6.04 Å². The largest absolute Gasteiger partial charge is 0.507 e. The number of para-hydroxylation sites is 1. The molecule has 2 aliphatic heterocycles. The summed E-state index contributed by atoms with van der Waals surface area (Å²) >= 11 is 0.